The van der Waals surface area contributed by atoms with E-state index in [4.69, 9.17) is 15.2 Å². The third-order valence-electron chi connectivity index (χ3n) is 2.96. The molecule has 0 amide bonds. The maximum absolute atomic E-state index is 11.8. The summed E-state index contributed by atoms with van der Waals surface area (Å²) in [5, 5.41) is 20.0. The van der Waals surface area contributed by atoms with E-state index in [-0.39, 0.29) is 36.4 Å². The van der Waals surface area contributed by atoms with Gasteiger partial charge in [-0.25, -0.2) is 4.79 Å². The fourth-order valence-corrected chi connectivity index (χ4v) is 1.87. The van der Waals surface area contributed by atoms with E-state index >= 15 is 0 Å². The second-order valence-corrected chi connectivity index (χ2v) is 4.59. The lowest BCUT2D eigenvalue weighted by atomic mass is 9.99. The van der Waals surface area contributed by atoms with Gasteiger partial charge in [-0.3, -0.25) is 4.79 Å². The summed E-state index contributed by atoms with van der Waals surface area (Å²) >= 11 is 0. The molecule has 0 bridgehead atoms. The van der Waals surface area contributed by atoms with E-state index in [0.717, 1.165) is 0 Å². The maximum Gasteiger partial charge on any atom is 0.340 e. The summed E-state index contributed by atoms with van der Waals surface area (Å²) in [6, 6.07) is 4.24. The molecule has 4 N–H and O–H groups in total. The van der Waals surface area contributed by atoms with Crippen LogP contribution in [0.2, 0.25) is 0 Å². The van der Waals surface area contributed by atoms with E-state index in [1.165, 1.54) is 18.2 Å². The molecule has 0 aromatic heterocycles. The quantitative estimate of drug-likeness (QED) is 0.503. The molecule has 0 aliphatic heterocycles. The number of benzene rings is 1. The Morgan fingerprint density at radius 2 is 1.82 bits per heavy atom. The van der Waals surface area contributed by atoms with Gasteiger partial charge in [0.15, 0.2) is 0 Å². The molecule has 0 saturated carbocycles. The van der Waals surface area contributed by atoms with Gasteiger partial charge in [-0.05, 0) is 31.5 Å². The molecule has 0 saturated heterocycles. The molecule has 7 nitrogen and oxygen atoms in total. The zero-order valence-electron chi connectivity index (χ0n) is 12.6. The summed E-state index contributed by atoms with van der Waals surface area (Å²) in [6.07, 6.45) is -3.05. The first-order chi connectivity index (χ1) is 10.4. The molecule has 2 unspecified atom stereocenters. The molecule has 1 aromatic carbocycles. The zero-order chi connectivity index (χ0) is 16.7. The highest BCUT2D eigenvalue weighted by atomic mass is 16.5. The van der Waals surface area contributed by atoms with Crippen molar-refractivity contribution in [2.45, 2.75) is 32.5 Å². The van der Waals surface area contributed by atoms with E-state index < -0.39 is 24.1 Å². The highest BCUT2D eigenvalue weighted by Crippen LogP contribution is 2.24. The number of rotatable bonds is 7. The lowest BCUT2D eigenvalue weighted by Gasteiger charge is -2.18. The number of aliphatic hydroxyl groups excluding tert-OH is 2. The van der Waals surface area contributed by atoms with Crippen LogP contribution in [0.5, 0.6) is 0 Å². The number of esters is 2. The van der Waals surface area contributed by atoms with Gasteiger partial charge in [-0.1, -0.05) is 6.07 Å². The molecule has 1 aromatic rings. The number of anilines is 1. The fourth-order valence-electron chi connectivity index (χ4n) is 1.87. The molecule has 2 atom stereocenters. The average Bonchev–Trinajstić information content (AvgIpc) is 2.47. The predicted molar refractivity (Wildman–Crippen MR) is 79.0 cm³/mol. The lowest BCUT2D eigenvalue weighted by Crippen LogP contribution is -2.23. The molecule has 0 heterocycles. The molecule has 122 valence electrons. The molecule has 0 aliphatic carbocycles. The van der Waals surface area contributed by atoms with Gasteiger partial charge in [0.2, 0.25) is 0 Å². The van der Waals surface area contributed by atoms with Crippen molar-refractivity contribution in [3.05, 3.63) is 29.3 Å². The Kier molecular flexibility index (Phi) is 6.81. The normalized spacial score (nSPS) is 13.3. The summed E-state index contributed by atoms with van der Waals surface area (Å²) < 4.78 is 9.57. The van der Waals surface area contributed by atoms with Crippen molar-refractivity contribution in [1.29, 1.82) is 0 Å². The first-order valence-corrected chi connectivity index (χ1v) is 6.98. The Morgan fingerprint density at radius 1 is 1.18 bits per heavy atom. The first-order valence-electron chi connectivity index (χ1n) is 6.98. The number of aliphatic hydroxyl groups is 2. The van der Waals surface area contributed by atoms with Crippen LogP contribution in [0, 0.1) is 0 Å². The highest BCUT2D eigenvalue weighted by Gasteiger charge is 2.23. The number of hydrogen-bond acceptors (Lipinski definition) is 7. The molecular weight excluding hydrogens is 290 g/mol. The summed E-state index contributed by atoms with van der Waals surface area (Å²) in [6.45, 7) is 3.69. The van der Waals surface area contributed by atoms with E-state index in [2.05, 4.69) is 0 Å². The van der Waals surface area contributed by atoms with Crippen molar-refractivity contribution >= 4 is 17.6 Å². The first kappa shape index (κ1) is 17.9. The van der Waals surface area contributed by atoms with Gasteiger partial charge in [0.25, 0.3) is 0 Å². The van der Waals surface area contributed by atoms with Crippen molar-refractivity contribution in [3.8, 4) is 0 Å². The molecular formula is C15H21NO6. The van der Waals surface area contributed by atoms with Crippen molar-refractivity contribution in [2.24, 2.45) is 0 Å². The largest absolute Gasteiger partial charge is 0.466 e. The molecule has 0 aliphatic rings. The molecule has 22 heavy (non-hydrogen) atoms. The summed E-state index contributed by atoms with van der Waals surface area (Å²) in [4.78, 5) is 23.1. The van der Waals surface area contributed by atoms with Gasteiger partial charge < -0.3 is 25.4 Å². The summed E-state index contributed by atoms with van der Waals surface area (Å²) in [5.41, 5.74) is 6.26. The second-order valence-electron chi connectivity index (χ2n) is 4.59. The monoisotopic (exact) mass is 311 g/mol. The minimum absolute atomic E-state index is 0.0988. The number of hydrogen-bond donors (Lipinski definition) is 3. The van der Waals surface area contributed by atoms with Crippen LogP contribution in [-0.4, -0.2) is 41.5 Å². The Bertz CT molecular complexity index is 531. The van der Waals surface area contributed by atoms with Crippen LogP contribution < -0.4 is 5.73 Å². The van der Waals surface area contributed by atoms with Gasteiger partial charge in [-0.2, -0.15) is 0 Å². The van der Waals surface area contributed by atoms with Crippen LogP contribution in [0.25, 0.3) is 0 Å². The summed E-state index contributed by atoms with van der Waals surface area (Å²) in [7, 11) is 0. The third kappa shape index (κ3) is 4.71. The van der Waals surface area contributed by atoms with Crippen molar-refractivity contribution in [3.63, 3.8) is 0 Å². The Hall–Kier alpha value is -2.12. The van der Waals surface area contributed by atoms with Crippen molar-refractivity contribution in [1.82, 2.24) is 0 Å². The second kappa shape index (κ2) is 8.35. The summed E-state index contributed by atoms with van der Waals surface area (Å²) in [5.74, 6) is -1.23. The van der Waals surface area contributed by atoms with E-state index in [0.29, 0.717) is 0 Å². The molecule has 1 rings (SSSR count). The van der Waals surface area contributed by atoms with Crippen LogP contribution in [0.4, 0.5) is 5.69 Å². The minimum atomic E-state index is -1.35. The number of nitrogen functional groups attached to an aromatic ring is 1. The van der Waals surface area contributed by atoms with Gasteiger partial charge >= 0.3 is 11.9 Å². The third-order valence-corrected chi connectivity index (χ3v) is 2.96. The van der Waals surface area contributed by atoms with Crippen LogP contribution in [-0.2, 0) is 14.3 Å². The molecule has 0 fully saturated rings. The Morgan fingerprint density at radius 3 is 2.41 bits per heavy atom. The lowest BCUT2D eigenvalue weighted by molar-refractivity contribution is -0.147. The average molecular weight is 311 g/mol. The number of ether oxygens (including phenoxy) is 2. The maximum atomic E-state index is 11.8. The standard InChI is InChI=1S/C15H21NO6/c1-3-21-13(18)8-12(17)14(19)9-5-6-11(16)10(7-9)15(20)22-4-2/h5-7,12,14,17,19H,3-4,8,16H2,1-2H3. The zero-order valence-corrected chi connectivity index (χ0v) is 12.6. The Labute approximate surface area is 128 Å². The van der Waals surface area contributed by atoms with E-state index in [1.807, 2.05) is 0 Å². The van der Waals surface area contributed by atoms with Crippen LogP contribution >= 0.6 is 0 Å². The molecule has 0 spiro atoms. The topological polar surface area (TPSA) is 119 Å². The van der Waals surface area contributed by atoms with Gasteiger partial charge in [-0.15, -0.1) is 0 Å². The van der Waals surface area contributed by atoms with Gasteiger partial charge in [0.1, 0.15) is 6.10 Å². The van der Waals surface area contributed by atoms with Gasteiger partial charge in [0, 0.05) is 5.69 Å². The number of carbonyl (C=O) groups is 2. The number of carbonyl (C=O) groups excluding carboxylic acids is 2. The van der Waals surface area contributed by atoms with E-state index in [1.54, 1.807) is 13.8 Å². The highest BCUT2D eigenvalue weighted by molar-refractivity contribution is 5.95. The Balaban J connectivity index is 2.89. The van der Waals surface area contributed by atoms with Crippen LogP contribution in [0.1, 0.15) is 42.3 Å². The minimum Gasteiger partial charge on any atom is -0.466 e. The fraction of sp³-hybridized carbons (Fsp3) is 0.467. The van der Waals surface area contributed by atoms with Gasteiger partial charge in [0.05, 0.1) is 31.3 Å². The molecule has 0 radical (unpaired) electrons. The van der Waals surface area contributed by atoms with Crippen molar-refractivity contribution in [2.75, 3.05) is 18.9 Å². The smallest absolute Gasteiger partial charge is 0.340 e. The predicted octanol–water partition coefficient (Wildman–Crippen LogP) is 0.793. The molecule has 7 heteroatoms. The van der Waals surface area contributed by atoms with E-state index in [9.17, 15) is 19.8 Å². The van der Waals surface area contributed by atoms with Crippen LogP contribution in [0.15, 0.2) is 18.2 Å². The van der Waals surface area contributed by atoms with Crippen LogP contribution in [0.3, 0.4) is 0 Å². The van der Waals surface area contributed by atoms with Crippen molar-refractivity contribution < 1.29 is 29.3 Å². The number of nitrogens with two attached hydrogens (primary N) is 1. The SMILES string of the molecule is CCOC(=O)CC(O)C(O)c1ccc(N)c(C(=O)OCC)c1.